The molecule has 7 nitrogen and oxygen atoms in total. The van der Waals surface area contributed by atoms with Gasteiger partial charge in [0.05, 0.1) is 18.0 Å². The first-order valence-corrected chi connectivity index (χ1v) is 12.8. The molecular weight excluding hydrogens is 438 g/mol. The van der Waals surface area contributed by atoms with Gasteiger partial charge in [-0.1, -0.05) is 18.2 Å². The number of ether oxygens (including phenoxy) is 1. The van der Waals surface area contributed by atoms with Gasteiger partial charge in [-0.2, -0.15) is 0 Å². The van der Waals surface area contributed by atoms with Crippen LogP contribution < -0.4 is 14.8 Å². The molecule has 1 fully saturated rings. The Kier molecular flexibility index (Phi) is 7.82. The number of carbonyl (C=O) groups excluding carboxylic acids is 1. The third-order valence-electron chi connectivity index (χ3n) is 5.72. The Hall–Kier alpha value is -2.42. The maximum absolute atomic E-state index is 13.1. The van der Waals surface area contributed by atoms with Gasteiger partial charge in [0.2, 0.25) is 10.0 Å². The van der Waals surface area contributed by atoms with Gasteiger partial charge in [-0.3, -0.25) is 9.69 Å². The first-order chi connectivity index (χ1) is 15.5. The van der Waals surface area contributed by atoms with Gasteiger partial charge in [-0.05, 0) is 89.0 Å². The minimum absolute atomic E-state index is 0.0151. The van der Waals surface area contributed by atoms with Gasteiger partial charge in [0.15, 0.2) is 0 Å². The van der Waals surface area contributed by atoms with Crippen LogP contribution in [-0.2, 0) is 10.0 Å². The van der Waals surface area contributed by atoms with Crippen molar-refractivity contribution in [2.75, 3.05) is 26.7 Å². The lowest BCUT2D eigenvalue weighted by molar-refractivity contribution is 0.0937. The van der Waals surface area contributed by atoms with Crippen LogP contribution >= 0.6 is 0 Å². The van der Waals surface area contributed by atoms with Crippen LogP contribution in [0, 0.1) is 6.92 Å². The molecule has 1 amide bonds. The summed E-state index contributed by atoms with van der Waals surface area (Å²) in [5.41, 5.74) is 1.55. The Morgan fingerprint density at radius 3 is 2.45 bits per heavy atom. The molecule has 3 rings (SSSR count). The Bertz CT molecular complexity index is 1090. The average molecular weight is 474 g/mol. The van der Waals surface area contributed by atoms with Gasteiger partial charge in [-0.15, -0.1) is 0 Å². The summed E-state index contributed by atoms with van der Waals surface area (Å²) in [4.78, 5) is 15.6. The van der Waals surface area contributed by atoms with Gasteiger partial charge < -0.3 is 10.1 Å². The first kappa shape index (κ1) is 25.2. The maximum atomic E-state index is 13.1. The molecule has 1 aliphatic heterocycles. The van der Waals surface area contributed by atoms with E-state index in [1.807, 2.05) is 31.2 Å². The highest BCUT2D eigenvalue weighted by Gasteiger charge is 2.26. The Morgan fingerprint density at radius 2 is 1.82 bits per heavy atom. The SMILES string of the molecule is COc1cccc(C(CNC(=O)c2cc(S(=O)(=O)NC(C)(C)C)ccc2C)N2CCCC2)c1. The molecule has 0 aromatic heterocycles. The molecule has 2 aromatic rings. The molecule has 0 aliphatic carbocycles. The normalized spacial score (nSPS) is 15.9. The summed E-state index contributed by atoms with van der Waals surface area (Å²) in [5, 5.41) is 3.04. The monoisotopic (exact) mass is 473 g/mol. The lowest BCUT2D eigenvalue weighted by atomic mass is 10.0. The van der Waals surface area contributed by atoms with E-state index in [2.05, 4.69) is 14.9 Å². The highest BCUT2D eigenvalue weighted by molar-refractivity contribution is 7.89. The fourth-order valence-electron chi connectivity index (χ4n) is 4.12. The van der Waals surface area contributed by atoms with Gasteiger partial charge in [-0.25, -0.2) is 13.1 Å². The van der Waals surface area contributed by atoms with E-state index in [0.29, 0.717) is 12.1 Å². The van der Waals surface area contributed by atoms with E-state index in [-0.39, 0.29) is 16.8 Å². The third-order valence-corrected chi connectivity index (χ3v) is 7.48. The molecule has 180 valence electrons. The van der Waals surface area contributed by atoms with Crippen LogP contribution in [0.25, 0.3) is 0 Å². The highest BCUT2D eigenvalue weighted by Crippen LogP contribution is 2.27. The third kappa shape index (κ3) is 6.56. The zero-order chi connectivity index (χ0) is 24.2. The summed E-state index contributed by atoms with van der Waals surface area (Å²) in [6.07, 6.45) is 2.27. The zero-order valence-corrected chi connectivity index (χ0v) is 21.0. The van der Waals surface area contributed by atoms with Crippen molar-refractivity contribution in [2.45, 2.75) is 57.0 Å². The highest BCUT2D eigenvalue weighted by atomic mass is 32.2. The number of carbonyl (C=O) groups is 1. The van der Waals surface area contributed by atoms with Crippen LogP contribution in [0.5, 0.6) is 5.75 Å². The molecule has 1 saturated heterocycles. The predicted octanol–water partition coefficient (Wildman–Crippen LogP) is 3.65. The number of amides is 1. The van der Waals surface area contributed by atoms with Crippen molar-refractivity contribution in [3.8, 4) is 5.75 Å². The van der Waals surface area contributed by atoms with Crippen molar-refractivity contribution in [1.82, 2.24) is 14.9 Å². The van der Waals surface area contributed by atoms with E-state index in [4.69, 9.17) is 4.74 Å². The number of likely N-dealkylation sites (tertiary alicyclic amines) is 1. The molecular formula is C25H35N3O4S. The van der Waals surface area contributed by atoms with Gasteiger partial charge in [0.1, 0.15) is 5.75 Å². The fourth-order valence-corrected chi connectivity index (χ4v) is 5.56. The van der Waals surface area contributed by atoms with Crippen molar-refractivity contribution < 1.29 is 17.9 Å². The van der Waals surface area contributed by atoms with E-state index in [9.17, 15) is 13.2 Å². The number of sulfonamides is 1. The van der Waals surface area contributed by atoms with Gasteiger partial charge in [0, 0.05) is 17.6 Å². The van der Waals surface area contributed by atoms with Crippen LogP contribution in [-0.4, -0.2) is 51.5 Å². The summed E-state index contributed by atoms with van der Waals surface area (Å²) < 4.78 is 33.5. The number of rotatable bonds is 8. The van der Waals surface area contributed by atoms with Crippen molar-refractivity contribution in [3.05, 3.63) is 59.2 Å². The van der Waals surface area contributed by atoms with Crippen molar-refractivity contribution in [2.24, 2.45) is 0 Å². The number of hydrogen-bond donors (Lipinski definition) is 2. The van der Waals surface area contributed by atoms with E-state index >= 15 is 0 Å². The number of nitrogens with one attached hydrogen (secondary N) is 2. The standard InChI is InChI=1S/C25H35N3O4S/c1-18-11-12-21(33(30,31)27-25(2,3)4)16-22(18)24(29)26-17-23(28-13-6-7-14-28)19-9-8-10-20(15-19)32-5/h8-12,15-16,23,27H,6-7,13-14,17H2,1-5H3,(H,26,29). The van der Waals surface area contributed by atoms with Gasteiger partial charge >= 0.3 is 0 Å². The van der Waals surface area contributed by atoms with E-state index in [1.165, 1.54) is 12.1 Å². The topological polar surface area (TPSA) is 87.7 Å². The van der Waals surface area contributed by atoms with Gasteiger partial charge in [0.25, 0.3) is 5.91 Å². The average Bonchev–Trinajstić information content (AvgIpc) is 3.27. The molecule has 0 bridgehead atoms. The number of hydrogen-bond acceptors (Lipinski definition) is 5. The van der Waals surface area contributed by atoms with E-state index < -0.39 is 15.6 Å². The Morgan fingerprint density at radius 1 is 1.12 bits per heavy atom. The molecule has 33 heavy (non-hydrogen) atoms. The molecule has 1 unspecified atom stereocenters. The lowest BCUT2D eigenvalue weighted by Gasteiger charge is -2.28. The minimum atomic E-state index is -3.74. The van der Waals surface area contributed by atoms with E-state index in [1.54, 1.807) is 33.9 Å². The number of methoxy groups -OCH3 is 1. The first-order valence-electron chi connectivity index (χ1n) is 11.3. The number of aryl methyl sites for hydroxylation is 1. The summed E-state index contributed by atoms with van der Waals surface area (Å²) in [6, 6.07) is 12.6. The minimum Gasteiger partial charge on any atom is -0.497 e. The summed E-state index contributed by atoms with van der Waals surface area (Å²) in [5.74, 6) is 0.496. The summed E-state index contributed by atoms with van der Waals surface area (Å²) in [7, 11) is -2.09. The largest absolute Gasteiger partial charge is 0.497 e. The van der Waals surface area contributed by atoms with Crippen molar-refractivity contribution in [1.29, 1.82) is 0 Å². The molecule has 2 aromatic carbocycles. The molecule has 1 heterocycles. The predicted molar refractivity (Wildman–Crippen MR) is 130 cm³/mol. The second-order valence-corrected chi connectivity index (χ2v) is 11.3. The van der Waals surface area contributed by atoms with Crippen molar-refractivity contribution in [3.63, 3.8) is 0 Å². The second-order valence-electron chi connectivity index (χ2n) is 9.58. The maximum Gasteiger partial charge on any atom is 0.251 e. The lowest BCUT2D eigenvalue weighted by Crippen LogP contribution is -2.40. The Balaban J connectivity index is 1.81. The fraction of sp³-hybridized carbons (Fsp3) is 0.480. The van der Waals surface area contributed by atoms with Crippen LogP contribution in [0.3, 0.4) is 0 Å². The number of benzene rings is 2. The molecule has 1 aliphatic rings. The van der Waals surface area contributed by atoms with Crippen LogP contribution in [0.4, 0.5) is 0 Å². The molecule has 0 spiro atoms. The quantitative estimate of drug-likeness (QED) is 0.611. The number of nitrogens with zero attached hydrogens (tertiary/aromatic N) is 1. The molecule has 0 radical (unpaired) electrons. The molecule has 0 saturated carbocycles. The second kappa shape index (κ2) is 10.2. The summed E-state index contributed by atoms with van der Waals surface area (Å²) in [6.45, 7) is 9.52. The Labute approximate surface area is 197 Å². The molecule has 1 atom stereocenters. The van der Waals surface area contributed by atoms with Crippen LogP contribution in [0.1, 0.15) is 61.1 Å². The summed E-state index contributed by atoms with van der Waals surface area (Å²) >= 11 is 0. The molecule has 2 N–H and O–H groups in total. The smallest absolute Gasteiger partial charge is 0.251 e. The van der Waals surface area contributed by atoms with Crippen LogP contribution in [0.15, 0.2) is 47.4 Å². The van der Waals surface area contributed by atoms with E-state index in [0.717, 1.165) is 42.8 Å². The molecule has 8 heteroatoms. The van der Waals surface area contributed by atoms with Crippen LogP contribution in [0.2, 0.25) is 0 Å². The van der Waals surface area contributed by atoms with Crippen molar-refractivity contribution >= 4 is 15.9 Å². The zero-order valence-electron chi connectivity index (χ0n) is 20.1.